The van der Waals surface area contributed by atoms with E-state index in [0.717, 1.165) is 0 Å². The quantitative estimate of drug-likeness (QED) is 0.776. The van der Waals surface area contributed by atoms with Crippen LogP contribution in [0.5, 0.6) is 5.75 Å². The molecule has 0 atom stereocenters. The number of nitrogens with one attached hydrogen (secondary N) is 1. The molecular formula is C14H15FN4O2. The SMILES string of the molecule is COc1ccc(F)c(Cn2cc(N)cc(C(N)=O)c2=N)c1. The van der Waals surface area contributed by atoms with Gasteiger partial charge in [-0.3, -0.25) is 10.2 Å². The molecule has 6 nitrogen and oxygen atoms in total. The van der Waals surface area contributed by atoms with Crippen LogP contribution in [0.25, 0.3) is 0 Å². The van der Waals surface area contributed by atoms with Crippen LogP contribution in [0.2, 0.25) is 0 Å². The third kappa shape index (κ3) is 3.02. The number of nitrogen functional groups attached to an aromatic ring is 1. The van der Waals surface area contributed by atoms with Gasteiger partial charge in [-0.2, -0.15) is 0 Å². The average molecular weight is 290 g/mol. The van der Waals surface area contributed by atoms with Gasteiger partial charge >= 0.3 is 0 Å². The van der Waals surface area contributed by atoms with Gasteiger partial charge in [-0.1, -0.05) is 0 Å². The number of halogens is 1. The highest BCUT2D eigenvalue weighted by atomic mass is 19.1. The van der Waals surface area contributed by atoms with Crippen molar-refractivity contribution in [3.05, 3.63) is 52.9 Å². The van der Waals surface area contributed by atoms with Gasteiger partial charge in [0.25, 0.3) is 5.91 Å². The molecule has 0 aliphatic rings. The molecule has 21 heavy (non-hydrogen) atoms. The number of primary amides is 1. The van der Waals surface area contributed by atoms with Gasteiger partial charge in [-0.05, 0) is 24.3 Å². The Bertz CT molecular complexity index is 755. The van der Waals surface area contributed by atoms with E-state index in [1.54, 1.807) is 0 Å². The van der Waals surface area contributed by atoms with Gasteiger partial charge in [0, 0.05) is 17.4 Å². The molecule has 110 valence electrons. The lowest BCUT2D eigenvalue weighted by Crippen LogP contribution is -2.30. The number of anilines is 1. The first-order valence-corrected chi connectivity index (χ1v) is 6.09. The molecule has 0 aliphatic heterocycles. The number of nitrogens with zero attached hydrogens (tertiary/aromatic N) is 1. The van der Waals surface area contributed by atoms with E-state index in [-0.39, 0.29) is 23.3 Å². The molecule has 0 saturated heterocycles. The molecule has 0 spiro atoms. The number of amides is 1. The van der Waals surface area contributed by atoms with Gasteiger partial charge in [-0.15, -0.1) is 0 Å². The van der Waals surface area contributed by atoms with Gasteiger partial charge in [0.05, 0.1) is 19.2 Å². The summed E-state index contributed by atoms with van der Waals surface area (Å²) in [7, 11) is 1.48. The topological polar surface area (TPSA) is 107 Å². The van der Waals surface area contributed by atoms with Crippen molar-refractivity contribution in [3.8, 4) is 5.75 Å². The Morgan fingerprint density at radius 1 is 1.43 bits per heavy atom. The van der Waals surface area contributed by atoms with Crippen molar-refractivity contribution in [3.63, 3.8) is 0 Å². The average Bonchev–Trinajstić information content (AvgIpc) is 2.44. The maximum absolute atomic E-state index is 13.8. The number of hydrogen-bond acceptors (Lipinski definition) is 4. The molecule has 1 aromatic carbocycles. The predicted octanol–water partition coefficient (Wildman–Crippen LogP) is 0.845. The number of methoxy groups -OCH3 is 1. The fourth-order valence-electron chi connectivity index (χ4n) is 1.97. The lowest BCUT2D eigenvalue weighted by Gasteiger charge is -2.12. The number of ether oxygens (including phenoxy) is 1. The Morgan fingerprint density at radius 3 is 2.76 bits per heavy atom. The summed E-state index contributed by atoms with van der Waals surface area (Å²) in [6, 6.07) is 5.62. The fraction of sp³-hybridized carbons (Fsp3) is 0.143. The zero-order valence-corrected chi connectivity index (χ0v) is 11.4. The van der Waals surface area contributed by atoms with Crippen LogP contribution < -0.4 is 21.7 Å². The third-order valence-electron chi connectivity index (χ3n) is 3.02. The van der Waals surface area contributed by atoms with Crippen LogP contribution in [0.3, 0.4) is 0 Å². The van der Waals surface area contributed by atoms with Gasteiger partial charge in [-0.25, -0.2) is 4.39 Å². The normalized spacial score (nSPS) is 10.4. The minimum Gasteiger partial charge on any atom is -0.497 e. The molecule has 1 aromatic heterocycles. The van der Waals surface area contributed by atoms with Crippen LogP contribution in [0.1, 0.15) is 15.9 Å². The van der Waals surface area contributed by atoms with E-state index in [4.69, 9.17) is 21.6 Å². The number of hydrogen-bond donors (Lipinski definition) is 3. The molecule has 0 saturated carbocycles. The molecule has 0 fully saturated rings. The highest BCUT2D eigenvalue weighted by Gasteiger charge is 2.10. The molecule has 1 heterocycles. The van der Waals surface area contributed by atoms with Crippen LogP contribution in [0, 0.1) is 11.2 Å². The first-order chi connectivity index (χ1) is 9.92. The second-order valence-electron chi connectivity index (χ2n) is 4.49. The Balaban J connectivity index is 2.49. The van der Waals surface area contributed by atoms with Crippen molar-refractivity contribution in [1.82, 2.24) is 4.57 Å². The smallest absolute Gasteiger partial charge is 0.252 e. The van der Waals surface area contributed by atoms with E-state index in [1.807, 2.05) is 0 Å². The maximum Gasteiger partial charge on any atom is 0.252 e. The van der Waals surface area contributed by atoms with E-state index >= 15 is 0 Å². The number of benzene rings is 1. The summed E-state index contributed by atoms with van der Waals surface area (Å²) in [6.45, 7) is 0.0349. The van der Waals surface area contributed by atoms with E-state index in [2.05, 4.69) is 0 Å². The van der Waals surface area contributed by atoms with Crippen molar-refractivity contribution in [2.24, 2.45) is 5.73 Å². The van der Waals surface area contributed by atoms with Crippen molar-refractivity contribution < 1.29 is 13.9 Å². The summed E-state index contributed by atoms with van der Waals surface area (Å²) in [4.78, 5) is 11.3. The molecule has 1 amide bonds. The largest absolute Gasteiger partial charge is 0.497 e. The minimum absolute atomic E-state index is 0.0155. The van der Waals surface area contributed by atoms with Crippen molar-refractivity contribution in [2.75, 3.05) is 12.8 Å². The number of carbonyl (C=O) groups is 1. The number of pyridine rings is 1. The van der Waals surface area contributed by atoms with Gasteiger partial charge in [0.2, 0.25) is 0 Å². The van der Waals surface area contributed by atoms with Crippen molar-refractivity contribution >= 4 is 11.6 Å². The monoisotopic (exact) mass is 290 g/mol. The Morgan fingerprint density at radius 2 is 2.14 bits per heavy atom. The molecule has 0 radical (unpaired) electrons. The number of carbonyl (C=O) groups excluding carboxylic acids is 1. The molecular weight excluding hydrogens is 275 g/mol. The molecule has 7 heteroatoms. The highest BCUT2D eigenvalue weighted by molar-refractivity contribution is 5.93. The second kappa shape index (κ2) is 5.66. The maximum atomic E-state index is 13.8. The van der Waals surface area contributed by atoms with Crippen LogP contribution in [0.4, 0.5) is 10.1 Å². The molecule has 5 N–H and O–H groups in total. The van der Waals surface area contributed by atoms with E-state index < -0.39 is 11.7 Å². The summed E-state index contributed by atoms with van der Waals surface area (Å²) in [5.41, 5.74) is 11.3. The van der Waals surface area contributed by atoms with Crippen LogP contribution in [-0.2, 0) is 6.54 Å². The first-order valence-electron chi connectivity index (χ1n) is 6.09. The Labute approximate surface area is 120 Å². The summed E-state index contributed by atoms with van der Waals surface area (Å²) < 4.78 is 20.2. The standard InChI is InChI=1S/C14H15FN4O2/c1-21-10-2-3-12(15)8(4-10)6-19-7-9(16)5-11(13(19)17)14(18)20/h2-5,7,17H,6,16H2,1H3,(H2,18,20). The summed E-state index contributed by atoms with van der Waals surface area (Å²) >= 11 is 0. The Hall–Kier alpha value is -2.83. The second-order valence-corrected chi connectivity index (χ2v) is 4.49. The Kier molecular flexibility index (Phi) is 3.93. The van der Waals surface area contributed by atoms with E-state index in [1.165, 1.54) is 42.1 Å². The first kappa shape index (κ1) is 14.6. The molecule has 0 unspecified atom stereocenters. The minimum atomic E-state index is -0.757. The van der Waals surface area contributed by atoms with Crippen molar-refractivity contribution in [2.45, 2.75) is 6.54 Å². The number of aromatic nitrogens is 1. The zero-order chi connectivity index (χ0) is 15.6. The van der Waals surface area contributed by atoms with Crippen molar-refractivity contribution in [1.29, 1.82) is 5.41 Å². The van der Waals surface area contributed by atoms with E-state index in [0.29, 0.717) is 11.3 Å². The lowest BCUT2D eigenvalue weighted by molar-refractivity contribution is 0.0998. The third-order valence-corrected chi connectivity index (χ3v) is 3.02. The van der Waals surface area contributed by atoms with Crippen LogP contribution >= 0.6 is 0 Å². The zero-order valence-electron chi connectivity index (χ0n) is 11.4. The van der Waals surface area contributed by atoms with Gasteiger partial charge in [0.1, 0.15) is 17.1 Å². The molecule has 0 bridgehead atoms. The summed E-state index contributed by atoms with van der Waals surface area (Å²) in [5, 5.41) is 7.94. The predicted molar refractivity (Wildman–Crippen MR) is 75.3 cm³/mol. The number of nitrogens with two attached hydrogens (primary N) is 2. The van der Waals surface area contributed by atoms with Crippen LogP contribution in [-0.4, -0.2) is 17.6 Å². The lowest BCUT2D eigenvalue weighted by atomic mass is 10.1. The molecule has 0 aliphatic carbocycles. The molecule has 2 rings (SSSR count). The van der Waals surface area contributed by atoms with Gasteiger partial charge in [0.15, 0.2) is 0 Å². The van der Waals surface area contributed by atoms with E-state index in [9.17, 15) is 9.18 Å². The van der Waals surface area contributed by atoms with Crippen LogP contribution in [0.15, 0.2) is 30.5 Å². The highest BCUT2D eigenvalue weighted by Crippen LogP contribution is 2.17. The summed E-state index contributed by atoms with van der Waals surface area (Å²) in [5.74, 6) is -0.699. The number of rotatable bonds is 4. The fourth-order valence-corrected chi connectivity index (χ4v) is 1.97. The molecule has 2 aromatic rings. The van der Waals surface area contributed by atoms with Gasteiger partial charge < -0.3 is 20.8 Å². The summed E-state index contributed by atoms with van der Waals surface area (Å²) in [6.07, 6.45) is 1.45.